The number of methoxy groups -OCH3 is 1. The molecule has 1 N–H and O–H groups in total. The van der Waals surface area contributed by atoms with Crippen molar-refractivity contribution in [2.24, 2.45) is 0 Å². The average Bonchev–Trinajstić information content (AvgIpc) is 3.17. The Bertz CT molecular complexity index is 1230. The smallest absolute Gasteiger partial charge is 0.337 e. The van der Waals surface area contributed by atoms with Crippen molar-refractivity contribution in [3.05, 3.63) is 75.5 Å². The predicted molar refractivity (Wildman–Crippen MR) is 114 cm³/mol. The molecule has 0 saturated carbocycles. The maximum atomic E-state index is 13.2. The van der Waals surface area contributed by atoms with Crippen LogP contribution in [-0.4, -0.2) is 27.4 Å². The third kappa shape index (κ3) is 3.53. The molecule has 1 aliphatic heterocycles. The standard InChI is InChI=1S/C22H19NO5S2/c1-13-3-9-16(10-4-13)30(26,27)18-12-29-21-17(11-19(24)23-20(18)21)14-5-7-15(8-6-14)22(25)28-2/h3-10,12,17H,11H2,1-2H3,(H,23,24)/t17-/m1/s1. The first-order chi connectivity index (χ1) is 14.3. The number of aryl methyl sites for hydroxylation is 1. The molecule has 2 aromatic carbocycles. The van der Waals surface area contributed by atoms with E-state index in [1.165, 1.54) is 18.4 Å². The van der Waals surface area contributed by atoms with Crippen molar-refractivity contribution in [3.8, 4) is 0 Å². The second-order valence-corrected chi connectivity index (χ2v) is 9.90. The Balaban J connectivity index is 1.75. The van der Waals surface area contributed by atoms with E-state index in [2.05, 4.69) is 5.32 Å². The van der Waals surface area contributed by atoms with Crippen molar-refractivity contribution < 1.29 is 22.7 Å². The predicted octanol–water partition coefficient (Wildman–Crippen LogP) is 4.15. The highest BCUT2D eigenvalue weighted by molar-refractivity contribution is 7.91. The molecule has 6 nitrogen and oxygen atoms in total. The van der Waals surface area contributed by atoms with Crippen LogP contribution in [0.4, 0.5) is 5.69 Å². The fourth-order valence-corrected chi connectivity index (χ4v) is 6.39. The van der Waals surface area contributed by atoms with Gasteiger partial charge in [0, 0.05) is 22.6 Å². The van der Waals surface area contributed by atoms with Crippen molar-refractivity contribution in [1.82, 2.24) is 0 Å². The number of thiophene rings is 1. The maximum absolute atomic E-state index is 13.2. The van der Waals surface area contributed by atoms with Crippen LogP contribution in [0.25, 0.3) is 0 Å². The summed E-state index contributed by atoms with van der Waals surface area (Å²) in [5.41, 5.74) is 2.55. The molecule has 1 amide bonds. The summed E-state index contributed by atoms with van der Waals surface area (Å²) in [4.78, 5) is 25.2. The zero-order valence-corrected chi connectivity index (χ0v) is 18.0. The zero-order valence-electron chi connectivity index (χ0n) is 16.3. The minimum atomic E-state index is -3.77. The van der Waals surface area contributed by atoms with Crippen molar-refractivity contribution in [2.75, 3.05) is 12.4 Å². The Hall–Kier alpha value is -2.97. The molecule has 8 heteroatoms. The van der Waals surface area contributed by atoms with Gasteiger partial charge in [0.1, 0.15) is 4.90 Å². The molecule has 0 unspecified atom stereocenters. The fraction of sp³-hybridized carbons (Fsp3) is 0.182. The number of hydrogen-bond donors (Lipinski definition) is 1. The number of nitrogens with one attached hydrogen (secondary N) is 1. The van der Waals surface area contributed by atoms with Gasteiger partial charge in [0.05, 0.1) is 23.3 Å². The third-order valence-corrected chi connectivity index (χ3v) is 8.15. The number of anilines is 1. The monoisotopic (exact) mass is 441 g/mol. The Morgan fingerprint density at radius 2 is 1.77 bits per heavy atom. The molecule has 1 aliphatic rings. The van der Waals surface area contributed by atoms with E-state index >= 15 is 0 Å². The number of amides is 1. The van der Waals surface area contributed by atoms with E-state index in [0.717, 1.165) is 16.0 Å². The van der Waals surface area contributed by atoms with Crippen molar-refractivity contribution in [1.29, 1.82) is 0 Å². The lowest BCUT2D eigenvalue weighted by Gasteiger charge is -2.24. The third-order valence-electron chi connectivity index (χ3n) is 5.11. The fourth-order valence-electron chi connectivity index (χ4n) is 3.49. The van der Waals surface area contributed by atoms with Gasteiger partial charge in [-0.3, -0.25) is 4.79 Å². The normalized spacial score (nSPS) is 15.9. The summed E-state index contributed by atoms with van der Waals surface area (Å²) in [5, 5.41) is 4.34. The van der Waals surface area contributed by atoms with E-state index in [0.29, 0.717) is 11.3 Å². The molecule has 1 atom stereocenters. The highest BCUT2D eigenvalue weighted by Crippen LogP contribution is 2.45. The lowest BCUT2D eigenvalue weighted by atomic mass is 9.90. The Morgan fingerprint density at radius 1 is 1.10 bits per heavy atom. The van der Waals surface area contributed by atoms with Gasteiger partial charge in [-0.05, 0) is 36.8 Å². The first kappa shape index (κ1) is 20.3. The minimum Gasteiger partial charge on any atom is -0.465 e. The molecule has 154 valence electrons. The van der Waals surface area contributed by atoms with Crippen LogP contribution in [0.15, 0.2) is 63.7 Å². The van der Waals surface area contributed by atoms with Crippen LogP contribution in [0.2, 0.25) is 0 Å². The van der Waals surface area contributed by atoms with Gasteiger partial charge in [0.25, 0.3) is 0 Å². The summed E-state index contributed by atoms with van der Waals surface area (Å²) in [5.74, 6) is -0.970. The van der Waals surface area contributed by atoms with Crippen LogP contribution >= 0.6 is 11.3 Å². The highest BCUT2D eigenvalue weighted by atomic mass is 32.2. The summed E-state index contributed by atoms with van der Waals surface area (Å²) >= 11 is 1.31. The summed E-state index contributed by atoms with van der Waals surface area (Å²) < 4.78 is 31.1. The van der Waals surface area contributed by atoms with E-state index in [4.69, 9.17) is 4.74 Å². The second kappa shape index (κ2) is 7.70. The molecule has 1 aromatic heterocycles. The van der Waals surface area contributed by atoms with Gasteiger partial charge in [-0.25, -0.2) is 13.2 Å². The molecule has 0 spiro atoms. The topological polar surface area (TPSA) is 89.5 Å². The maximum Gasteiger partial charge on any atom is 0.337 e. The van der Waals surface area contributed by atoms with Gasteiger partial charge >= 0.3 is 5.97 Å². The van der Waals surface area contributed by atoms with Crippen LogP contribution in [0.5, 0.6) is 0 Å². The number of ether oxygens (including phenoxy) is 1. The first-order valence-corrected chi connectivity index (χ1v) is 11.6. The zero-order chi connectivity index (χ0) is 21.5. The number of sulfone groups is 1. The first-order valence-electron chi connectivity index (χ1n) is 9.22. The number of benzene rings is 2. The number of fused-ring (bicyclic) bond motifs is 1. The van der Waals surface area contributed by atoms with Gasteiger partial charge in [-0.15, -0.1) is 11.3 Å². The SMILES string of the molecule is COC(=O)c1ccc([C@H]2CC(=O)Nc3c(S(=O)(=O)c4ccc(C)cc4)csc32)cc1. The van der Waals surface area contributed by atoms with Crippen LogP contribution in [0.3, 0.4) is 0 Å². The van der Waals surface area contributed by atoms with E-state index in [-0.39, 0.29) is 28.0 Å². The summed E-state index contributed by atoms with van der Waals surface area (Å²) in [6.45, 7) is 1.89. The summed E-state index contributed by atoms with van der Waals surface area (Å²) in [6.07, 6.45) is 0.203. The number of carbonyl (C=O) groups excluding carboxylic acids is 2. The Labute approximate surface area is 178 Å². The number of rotatable bonds is 4. The lowest BCUT2D eigenvalue weighted by molar-refractivity contribution is -0.116. The van der Waals surface area contributed by atoms with Gasteiger partial charge in [-0.1, -0.05) is 29.8 Å². The minimum absolute atomic E-state index is 0.107. The Kier molecular flexibility index (Phi) is 5.21. The van der Waals surface area contributed by atoms with Crippen LogP contribution < -0.4 is 5.32 Å². The second-order valence-electron chi connectivity index (χ2n) is 7.07. The molecule has 3 aromatic rings. The van der Waals surface area contributed by atoms with Gasteiger partial charge in [0.2, 0.25) is 15.7 Å². The van der Waals surface area contributed by atoms with Crippen LogP contribution in [-0.2, 0) is 19.4 Å². The number of carbonyl (C=O) groups is 2. The van der Waals surface area contributed by atoms with E-state index < -0.39 is 15.8 Å². The van der Waals surface area contributed by atoms with Gasteiger partial charge < -0.3 is 10.1 Å². The number of hydrogen-bond acceptors (Lipinski definition) is 6. The molecule has 30 heavy (non-hydrogen) atoms. The van der Waals surface area contributed by atoms with Gasteiger partial charge in [0.15, 0.2) is 0 Å². The summed E-state index contributed by atoms with van der Waals surface area (Å²) in [6, 6.07) is 13.5. The van der Waals surface area contributed by atoms with Crippen molar-refractivity contribution >= 4 is 38.7 Å². The summed E-state index contributed by atoms with van der Waals surface area (Å²) in [7, 11) is -2.45. The molecule has 0 fully saturated rings. The molecule has 4 rings (SSSR count). The van der Waals surface area contributed by atoms with Crippen LogP contribution in [0.1, 0.15) is 38.7 Å². The van der Waals surface area contributed by atoms with Gasteiger partial charge in [-0.2, -0.15) is 0 Å². The van der Waals surface area contributed by atoms with E-state index in [1.54, 1.807) is 53.9 Å². The van der Waals surface area contributed by atoms with E-state index in [1.807, 2.05) is 6.92 Å². The molecule has 0 radical (unpaired) electrons. The number of esters is 1. The highest BCUT2D eigenvalue weighted by Gasteiger charge is 2.34. The average molecular weight is 442 g/mol. The Morgan fingerprint density at radius 3 is 2.40 bits per heavy atom. The largest absolute Gasteiger partial charge is 0.465 e. The van der Waals surface area contributed by atoms with Crippen molar-refractivity contribution in [2.45, 2.75) is 29.1 Å². The van der Waals surface area contributed by atoms with Crippen LogP contribution in [0, 0.1) is 6.92 Å². The lowest BCUT2D eigenvalue weighted by Crippen LogP contribution is -2.23. The molecular formula is C22H19NO5S2. The quantitative estimate of drug-likeness (QED) is 0.615. The molecule has 2 heterocycles. The molecular weight excluding hydrogens is 422 g/mol. The molecule has 0 aliphatic carbocycles. The van der Waals surface area contributed by atoms with E-state index in [9.17, 15) is 18.0 Å². The molecule has 0 saturated heterocycles. The van der Waals surface area contributed by atoms with Crippen molar-refractivity contribution in [3.63, 3.8) is 0 Å². The molecule has 0 bridgehead atoms.